The first-order valence-corrected chi connectivity index (χ1v) is 11.8. The van der Waals surface area contributed by atoms with E-state index in [1.165, 1.54) is 0 Å². The summed E-state index contributed by atoms with van der Waals surface area (Å²) < 4.78 is 5.63. The summed E-state index contributed by atoms with van der Waals surface area (Å²) in [5.74, 6) is 0.198. The number of benzene rings is 1. The number of ether oxygens (including phenoxy) is 1. The number of carbonyl (C=O) groups excluding carboxylic acids is 2. The highest BCUT2D eigenvalue weighted by Gasteiger charge is 2.23. The molecule has 2 N–H and O–H groups in total. The molecule has 31 heavy (non-hydrogen) atoms. The number of amides is 2. The van der Waals surface area contributed by atoms with E-state index in [1.54, 1.807) is 0 Å². The smallest absolute Gasteiger partial charge is 0.253 e. The lowest BCUT2D eigenvalue weighted by molar-refractivity contribution is -0.117. The van der Waals surface area contributed by atoms with E-state index < -0.39 is 0 Å². The number of nitrogens with zero attached hydrogens (tertiary/aromatic N) is 1. The number of rotatable bonds is 8. The van der Waals surface area contributed by atoms with E-state index >= 15 is 0 Å². The second-order valence-corrected chi connectivity index (χ2v) is 10.4. The second kappa shape index (κ2) is 10.5. The van der Waals surface area contributed by atoms with Crippen molar-refractivity contribution in [2.75, 3.05) is 36.5 Å². The molecule has 0 unspecified atom stereocenters. The van der Waals surface area contributed by atoms with E-state index in [0.29, 0.717) is 30.1 Å². The minimum Gasteiger partial charge on any atom is -0.376 e. The molecule has 0 spiro atoms. The molecule has 1 aromatic carbocycles. The van der Waals surface area contributed by atoms with Crippen molar-refractivity contribution in [2.24, 2.45) is 11.3 Å². The van der Waals surface area contributed by atoms with Crippen LogP contribution in [0.5, 0.6) is 0 Å². The zero-order valence-corrected chi connectivity index (χ0v) is 19.6. The fourth-order valence-corrected chi connectivity index (χ4v) is 4.78. The van der Waals surface area contributed by atoms with Gasteiger partial charge < -0.3 is 20.3 Å². The van der Waals surface area contributed by atoms with Crippen LogP contribution < -0.4 is 15.5 Å². The standard InChI is InChI=1S/C25H39N3O3/c1-18(16-25(2,3)4)14-23(29)27-19-9-10-22(28-11-5-6-12-28)21(15-19)24(30)26-17-20-8-7-13-31-20/h9-10,15,18,20H,5-8,11-14,16-17H2,1-4H3,(H,26,30)(H,27,29)/t18-,20-/m0/s1. The van der Waals surface area contributed by atoms with Gasteiger partial charge in [-0.3, -0.25) is 9.59 Å². The van der Waals surface area contributed by atoms with Gasteiger partial charge in [-0.25, -0.2) is 0 Å². The Labute approximate surface area is 187 Å². The van der Waals surface area contributed by atoms with Gasteiger partial charge >= 0.3 is 0 Å². The molecule has 2 amide bonds. The van der Waals surface area contributed by atoms with Crippen molar-refractivity contribution in [1.82, 2.24) is 5.32 Å². The van der Waals surface area contributed by atoms with Crippen LogP contribution in [0.25, 0.3) is 0 Å². The summed E-state index contributed by atoms with van der Waals surface area (Å²) in [6.45, 7) is 11.9. The minimum atomic E-state index is -0.102. The van der Waals surface area contributed by atoms with Gasteiger partial charge in [0.1, 0.15) is 0 Å². The summed E-state index contributed by atoms with van der Waals surface area (Å²) in [4.78, 5) is 27.9. The van der Waals surface area contributed by atoms with Crippen molar-refractivity contribution in [3.8, 4) is 0 Å². The average molecular weight is 430 g/mol. The van der Waals surface area contributed by atoms with Gasteiger partial charge in [0.05, 0.1) is 11.7 Å². The number of nitrogens with one attached hydrogen (secondary N) is 2. The highest BCUT2D eigenvalue weighted by Crippen LogP contribution is 2.29. The SMILES string of the molecule is C[C@@H](CC(=O)Nc1ccc(N2CCCC2)c(C(=O)NC[C@@H]2CCCO2)c1)CC(C)(C)C. The first-order chi connectivity index (χ1) is 14.7. The van der Waals surface area contributed by atoms with Crippen LogP contribution in [0.1, 0.15) is 76.6 Å². The number of carbonyl (C=O) groups is 2. The molecule has 0 bridgehead atoms. The molecule has 6 nitrogen and oxygen atoms in total. The molecule has 2 saturated heterocycles. The number of anilines is 2. The van der Waals surface area contributed by atoms with Gasteiger partial charge in [-0.2, -0.15) is 0 Å². The molecule has 172 valence electrons. The van der Waals surface area contributed by atoms with Crippen LogP contribution in [0.15, 0.2) is 18.2 Å². The molecule has 0 saturated carbocycles. The number of hydrogen-bond acceptors (Lipinski definition) is 4. The topological polar surface area (TPSA) is 70.7 Å². The molecular weight excluding hydrogens is 390 g/mol. The maximum atomic E-state index is 13.0. The van der Waals surface area contributed by atoms with Crippen LogP contribution in [0.4, 0.5) is 11.4 Å². The molecule has 0 aliphatic carbocycles. The monoisotopic (exact) mass is 429 g/mol. The Balaban J connectivity index is 1.68. The average Bonchev–Trinajstić information content (AvgIpc) is 3.38. The highest BCUT2D eigenvalue weighted by molar-refractivity contribution is 6.02. The molecule has 2 atom stereocenters. The lowest BCUT2D eigenvalue weighted by Gasteiger charge is -2.23. The Morgan fingerprint density at radius 2 is 1.94 bits per heavy atom. The zero-order valence-electron chi connectivity index (χ0n) is 19.6. The van der Waals surface area contributed by atoms with Crippen molar-refractivity contribution < 1.29 is 14.3 Å². The van der Waals surface area contributed by atoms with Crippen LogP contribution in [-0.2, 0) is 9.53 Å². The molecule has 2 fully saturated rings. The Kier molecular flexibility index (Phi) is 7.98. The molecule has 0 radical (unpaired) electrons. The van der Waals surface area contributed by atoms with Crippen molar-refractivity contribution in [2.45, 2.75) is 72.3 Å². The molecular formula is C25H39N3O3. The first-order valence-electron chi connectivity index (χ1n) is 11.8. The van der Waals surface area contributed by atoms with Crippen molar-refractivity contribution in [3.05, 3.63) is 23.8 Å². The van der Waals surface area contributed by atoms with Crippen LogP contribution in [-0.4, -0.2) is 44.2 Å². The highest BCUT2D eigenvalue weighted by atomic mass is 16.5. The molecule has 2 aliphatic rings. The molecule has 3 rings (SSSR count). The summed E-state index contributed by atoms with van der Waals surface area (Å²) >= 11 is 0. The molecule has 1 aromatic rings. The van der Waals surface area contributed by atoms with Gasteiger partial charge in [0.2, 0.25) is 5.91 Å². The van der Waals surface area contributed by atoms with Crippen LogP contribution in [0.2, 0.25) is 0 Å². The van der Waals surface area contributed by atoms with Gasteiger partial charge in [0, 0.05) is 44.0 Å². The minimum absolute atomic E-state index is 0.00335. The number of hydrogen-bond donors (Lipinski definition) is 2. The third-order valence-corrected chi connectivity index (χ3v) is 5.98. The Bertz CT molecular complexity index is 760. The molecule has 0 aromatic heterocycles. The third kappa shape index (κ3) is 7.23. The van der Waals surface area contributed by atoms with E-state index in [9.17, 15) is 9.59 Å². The molecule has 2 aliphatic heterocycles. The quantitative estimate of drug-likeness (QED) is 0.634. The van der Waals surface area contributed by atoms with E-state index in [0.717, 1.165) is 57.5 Å². The maximum absolute atomic E-state index is 13.0. The Hall–Kier alpha value is -2.08. The van der Waals surface area contributed by atoms with E-state index in [-0.39, 0.29) is 23.3 Å². The van der Waals surface area contributed by atoms with Gasteiger partial charge in [-0.05, 0) is 61.6 Å². The van der Waals surface area contributed by atoms with E-state index in [2.05, 4.69) is 43.2 Å². The van der Waals surface area contributed by atoms with Gasteiger partial charge in [0.15, 0.2) is 0 Å². The Morgan fingerprint density at radius 1 is 1.19 bits per heavy atom. The van der Waals surface area contributed by atoms with E-state index in [4.69, 9.17) is 4.74 Å². The predicted octanol–water partition coefficient (Wildman–Crippen LogP) is 4.60. The van der Waals surface area contributed by atoms with E-state index in [1.807, 2.05) is 18.2 Å². The fraction of sp³-hybridized carbons (Fsp3) is 0.680. The van der Waals surface area contributed by atoms with Crippen molar-refractivity contribution in [3.63, 3.8) is 0 Å². The van der Waals surface area contributed by atoms with Crippen LogP contribution in [0, 0.1) is 11.3 Å². The maximum Gasteiger partial charge on any atom is 0.253 e. The normalized spacial score (nSPS) is 20.0. The first kappa shape index (κ1) is 23.6. The summed E-state index contributed by atoms with van der Waals surface area (Å²) in [5, 5.41) is 6.05. The summed E-state index contributed by atoms with van der Waals surface area (Å²) in [7, 11) is 0. The summed E-state index contributed by atoms with van der Waals surface area (Å²) in [6.07, 6.45) is 5.89. The summed E-state index contributed by atoms with van der Waals surface area (Å²) in [5.41, 5.74) is 2.45. The zero-order chi connectivity index (χ0) is 22.4. The lowest BCUT2D eigenvalue weighted by Crippen LogP contribution is -2.33. The van der Waals surface area contributed by atoms with Crippen molar-refractivity contribution >= 4 is 23.2 Å². The fourth-order valence-electron chi connectivity index (χ4n) is 4.78. The third-order valence-electron chi connectivity index (χ3n) is 5.98. The van der Waals surface area contributed by atoms with Gasteiger partial charge in [-0.1, -0.05) is 27.7 Å². The van der Waals surface area contributed by atoms with Crippen LogP contribution in [0.3, 0.4) is 0 Å². The van der Waals surface area contributed by atoms with Gasteiger partial charge in [0.25, 0.3) is 5.91 Å². The molecule has 2 heterocycles. The van der Waals surface area contributed by atoms with Crippen molar-refractivity contribution in [1.29, 1.82) is 0 Å². The predicted molar refractivity (Wildman–Crippen MR) is 126 cm³/mol. The summed E-state index contributed by atoms with van der Waals surface area (Å²) in [6, 6.07) is 5.71. The second-order valence-electron chi connectivity index (χ2n) is 10.4. The largest absolute Gasteiger partial charge is 0.376 e. The lowest BCUT2D eigenvalue weighted by atomic mass is 9.84. The van der Waals surface area contributed by atoms with Crippen LogP contribution >= 0.6 is 0 Å². The molecule has 6 heteroatoms. The van der Waals surface area contributed by atoms with Gasteiger partial charge in [-0.15, -0.1) is 0 Å². The Morgan fingerprint density at radius 3 is 2.58 bits per heavy atom.